The van der Waals surface area contributed by atoms with Crippen molar-refractivity contribution in [3.05, 3.63) is 35.9 Å². The highest BCUT2D eigenvalue weighted by Crippen LogP contribution is 1.99. The fourth-order valence-corrected chi connectivity index (χ4v) is 1.07. The lowest BCUT2D eigenvalue weighted by atomic mass is 10.2. The van der Waals surface area contributed by atoms with Gasteiger partial charge in [-0.15, -0.1) is 24.0 Å². The summed E-state index contributed by atoms with van der Waals surface area (Å²) in [5.74, 6) is 5.90. The van der Waals surface area contributed by atoms with Crippen molar-refractivity contribution in [3.8, 4) is 0 Å². The Balaban J connectivity index is 0.00000196. The molecule has 0 saturated carbocycles. The van der Waals surface area contributed by atoms with Crippen LogP contribution in [0.2, 0.25) is 0 Å². The molecule has 4 N–H and O–H groups in total. The van der Waals surface area contributed by atoms with E-state index in [2.05, 4.69) is 15.7 Å². The van der Waals surface area contributed by atoms with E-state index in [1.165, 1.54) is 0 Å². The number of halogens is 1. The normalized spacial score (nSPS) is 10.4. The number of guanidine groups is 1. The van der Waals surface area contributed by atoms with Crippen molar-refractivity contribution >= 4 is 29.9 Å². The van der Waals surface area contributed by atoms with Gasteiger partial charge in [-0.3, -0.25) is 5.43 Å². The average Bonchev–Trinajstić information content (AvgIpc) is 2.25. The molecule has 0 aliphatic rings. The first-order valence-corrected chi connectivity index (χ1v) is 4.65. The predicted molar refractivity (Wildman–Crippen MR) is 74.0 cm³/mol. The molecular weight excluding hydrogens is 303 g/mol. The Morgan fingerprint density at radius 1 is 1.33 bits per heavy atom. The molecule has 1 aromatic carbocycles. The largest absolute Gasteiger partial charge is 0.356 e. The van der Waals surface area contributed by atoms with Gasteiger partial charge in [0.2, 0.25) is 5.96 Å². The third-order valence-corrected chi connectivity index (χ3v) is 1.74. The number of nitrogens with zero attached hydrogens (tertiary/aromatic N) is 1. The molecule has 4 nitrogen and oxygen atoms in total. The summed E-state index contributed by atoms with van der Waals surface area (Å²) >= 11 is 0. The van der Waals surface area contributed by atoms with Crippen LogP contribution in [0.3, 0.4) is 0 Å². The monoisotopic (exact) mass is 320 g/mol. The predicted octanol–water partition coefficient (Wildman–Crippen LogP) is 1.23. The number of hydrazine groups is 1. The van der Waals surface area contributed by atoms with Gasteiger partial charge < -0.3 is 5.32 Å². The molecule has 0 heterocycles. The van der Waals surface area contributed by atoms with Crippen LogP contribution in [0.1, 0.15) is 12.5 Å². The van der Waals surface area contributed by atoms with E-state index in [4.69, 9.17) is 5.84 Å². The molecule has 1 aromatic rings. The second-order valence-corrected chi connectivity index (χ2v) is 2.83. The van der Waals surface area contributed by atoms with Gasteiger partial charge in [-0.2, -0.15) is 0 Å². The third kappa shape index (κ3) is 5.58. The average molecular weight is 320 g/mol. The van der Waals surface area contributed by atoms with Gasteiger partial charge in [-0.05, 0) is 12.5 Å². The number of benzene rings is 1. The number of aliphatic imine (C=N–C) groups is 1. The van der Waals surface area contributed by atoms with Crippen molar-refractivity contribution in [1.29, 1.82) is 0 Å². The summed E-state index contributed by atoms with van der Waals surface area (Å²) in [6.07, 6.45) is 0. The molecule has 5 heteroatoms. The molecule has 0 aromatic heterocycles. The third-order valence-electron chi connectivity index (χ3n) is 1.74. The molecule has 0 aliphatic carbocycles. The van der Waals surface area contributed by atoms with Crippen LogP contribution in [-0.4, -0.2) is 12.5 Å². The number of nitrogens with one attached hydrogen (secondary N) is 2. The van der Waals surface area contributed by atoms with Gasteiger partial charge in [0.15, 0.2) is 0 Å². The van der Waals surface area contributed by atoms with E-state index in [0.29, 0.717) is 12.5 Å². The maximum Gasteiger partial charge on any atom is 0.206 e. The lowest BCUT2D eigenvalue weighted by molar-refractivity contribution is 0.852. The van der Waals surface area contributed by atoms with Crippen LogP contribution in [0, 0.1) is 0 Å². The molecule has 0 fully saturated rings. The maximum atomic E-state index is 5.28. The Morgan fingerprint density at radius 3 is 2.53 bits per heavy atom. The Morgan fingerprint density at radius 2 is 2.00 bits per heavy atom. The van der Waals surface area contributed by atoms with Gasteiger partial charge in [-0.1, -0.05) is 30.3 Å². The molecule has 1 rings (SSSR count). The SMILES string of the molecule is CCN/C(=N/Cc1ccccc1)NN.I. The molecule has 84 valence electrons. The molecule has 0 saturated heterocycles. The number of hydrogen-bond acceptors (Lipinski definition) is 2. The van der Waals surface area contributed by atoms with Crippen molar-refractivity contribution in [2.45, 2.75) is 13.5 Å². The van der Waals surface area contributed by atoms with Gasteiger partial charge >= 0.3 is 0 Å². The molecule has 0 amide bonds. The minimum atomic E-state index is 0. The topological polar surface area (TPSA) is 62.4 Å². The minimum Gasteiger partial charge on any atom is -0.356 e. The Bertz CT molecular complexity index is 287. The van der Waals surface area contributed by atoms with E-state index >= 15 is 0 Å². The smallest absolute Gasteiger partial charge is 0.206 e. The highest BCUT2D eigenvalue weighted by molar-refractivity contribution is 14.0. The Kier molecular flexibility index (Phi) is 8.02. The maximum absolute atomic E-state index is 5.28. The van der Waals surface area contributed by atoms with E-state index in [-0.39, 0.29) is 24.0 Å². The summed E-state index contributed by atoms with van der Waals surface area (Å²) in [7, 11) is 0. The van der Waals surface area contributed by atoms with E-state index in [0.717, 1.165) is 12.1 Å². The van der Waals surface area contributed by atoms with Gasteiger partial charge in [0.1, 0.15) is 0 Å². The van der Waals surface area contributed by atoms with E-state index < -0.39 is 0 Å². The Hall–Kier alpha value is -0.820. The second kappa shape index (κ2) is 8.49. The fraction of sp³-hybridized carbons (Fsp3) is 0.300. The lowest BCUT2D eigenvalue weighted by Crippen LogP contribution is -2.41. The Labute approximate surface area is 107 Å². The highest BCUT2D eigenvalue weighted by Gasteiger charge is 1.92. The standard InChI is InChI=1S/C10H16N4.HI/c1-2-12-10(14-11)13-8-9-6-4-3-5-7-9;/h3-7H,2,8,11H2,1H3,(H2,12,13,14);1H. The summed E-state index contributed by atoms with van der Waals surface area (Å²) in [6.45, 7) is 3.43. The fourth-order valence-electron chi connectivity index (χ4n) is 1.07. The number of nitrogens with two attached hydrogens (primary N) is 1. The summed E-state index contributed by atoms with van der Waals surface area (Å²) in [5.41, 5.74) is 3.68. The van der Waals surface area contributed by atoms with Crippen molar-refractivity contribution < 1.29 is 0 Å². The molecule has 0 atom stereocenters. The van der Waals surface area contributed by atoms with Crippen LogP contribution in [0.5, 0.6) is 0 Å². The first kappa shape index (κ1) is 14.2. The molecule has 15 heavy (non-hydrogen) atoms. The molecule has 0 radical (unpaired) electrons. The van der Waals surface area contributed by atoms with Crippen molar-refractivity contribution in [2.24, 2.45) is 10.8 Å². The van der Waals surface area contributed by atoms with Crippen molar-refractivity contribution in [2.75, 3.05) is 6.54 Å². The first-order chi connectivity index (χ1) is 6.86. The molecule has 0 spiro atoms. The quantitative estimate of drug-likeness (QED) is 0.258. The zero-order chi connectivity index (χ0) is 10.2. The molecule has 0 bridgehead atoms. The summed E-state index contributed by atoms with van der Waals surface area (Å²) in [6, 6.07) is 10.0. The van der Waals surface area contributed by atoms with Gasteiger partial charge in [-0.25, -0.2) is 10.8 Å². The van der Waals surface area contributed by atoms with Crippen LogP contribution in [0.4, 0.5) is 0 Å². The van der Waals surface area contributed by atoms with Crippen molar-refractivity contribution in [1.82, 2.24) is 10.7 Å². The molecule has 0 unspecified atom stereocenters. The first-order valence-electron chi connectivity index (χ1n) is 4.65. The van der Waals surface area contributed by atoms with Gasteiger partial charge in [0.05, 0.1) is 6.54 Å². The van der Waals surface area contributed by atoms with Crippen molar-refractivity contribution in [3.63, 3.8) is 0 Å². The van der Waals surface area contributed by atoms with Crippen LogP contribution < -0.4 is 16.6 Å². The van der Waals surface area contributed by atoms with Crippen LogP contribution in [0.25, 0.3) is 0 Å². The molecular formula is C10H17IN4. The lowest BCUT2D eigenvalue weighted by Gasteiger charge is -2.06. The summed E-state index contributed by atoms with van der Waals surface area (Å²) in [5, 5.41) is 3.02. The van der Waals surface area contributed by atoms with Crippen LogP contribution in [0.15, 0.2) is 35.3 Å². The van der Waals surface area contributed by atoms with E-state index in [9.17, 15) is 0 Å². The second-order valence-electron chi connectivity index (χ2n) is 2.83. The van der Waals surface area contributed by atoms with Gasteiger partial charge in [0.25, 0.3) is 0 Å². The van der Waals surface area contributed by atoms with Gasteiger partial charge in [0, 0.05) is 6.54 Å². The zero-order valence-electron chi connectivity index (χ0n) is 8.73. The summed E-state index contributed by atoms with van der Waals surface area (Å²) < 4.78 is 0. The number of hydrogen-bond donors (Lipinski definition) is 3. The highest BCUT2D eigenvalue weighted by atomic mass is 127. The zero-order valence-corrected chi connectivity index (χ0v) is 11.1. The molecule has 0 aliphatic heterocycles. The summed E-state index contributed by atoms with van der Waals surface area (Å²) in [4.78, 5) is 4.27. The minimum absolute atomic E-state index is 0. The van der Waals surface area contributed by atoms with Crippen LogP contribution >= 0.6 is 24.0 Å². The van der Waals surface area contributed by atoms with E-state index in [1.54, 1.807) is 0 Å². The number of rotatable bonds is 3. The van der Waals surface area contributed by atoms with Crippen LogP contribution in [-0.2, 0) is 6.54 Å². The van der Waals surface area contributed by atoms with E-state index in [1.807, 2.05) is 37.3 Å².